The van der Waals surface area contributed by atoms with Crippen molar-refractivity contribution >= 4 is 56.7 Å². The molecule has 308 valence electrons. The molecule has 1 heterocycles. The lowest BCUT2D eigenvalue weighted by Crippen LogP contribution is -2.72. The van der Waals surface area contributed by atoms with Crippen LogP contribution in [0.5, 0.6) is 0 Å². The van der Waals surface area contributed by atoms with Crippen molar-refractivity contribution in [1.82, 2.24) is 0 Å². The molecule has 1 nitrogen and oxygen atoms in total. The van der Waals surface area contributed by atoms with Gasteiger partial charge in [0.2, 0.25) is 0 Å². The van der Waals surface area contributed by atoms with Gasteiger partial charge in [0, 0.05) is 17.1 Å². The number of anilines is 3. The van der Waals surface area contributed by atoms with E-state index in [1.165, 1.54) is 115 Å². The first kappa shape index (κ1) is 37.8. The van der Waals surface area contributed by atoms with Gasteiger partial charge in [-0.05, 0) is 169 Å². The van der Waals surface area contributed by atoms with E-state index < -0.39 is 8.07 Å². The molecule has 0 atom stereocenters. The number of benzene rings is 9. The van der Waals surface area contributed by atoms with Crippen molar-refractivity contribution < 1.29 is 0 Å². The maximum atomic E-state index is 2.54. The van der Waals surface area contributed by atoms with Crippen molar-refractivity contribution in [2.24, 2.45) is 17.8 Å². The summed E-state index contributed by atoms with van der Waals surface area (Å²) >= 11 is 0. The predicted octanol–water partition coefficient (Wildman–Crippen LogP) is 13.5. The summed E-state index contributed by atoms with van der Waals surface area (Å²) in [5.74, 6) is 2.75. The summed E-state index contributed by atoms with van der Waals surface area (Å²) in [6.07, 6.45) is 8.52. The highest BCUT2D eigenvalue weighted by Crippen LogP contribution is 2.61. The van der Waals surface area contributed by atoms with E-state index in [9.17, 15) is 0 Å². The molecule has 0 unspecified atom stereocenters. The highest BCUT2D eigenvalue weighted by Gasteiger charge is 2.52. The first-order valence-electron chi connectivity index (χ1n) is 23.6. The summed E-state index contributed by atoms with van der Waals surface area (Å²) in [5, 5.41) is 8.32. The van der Waals surface area contributed by atoms with E-state index >= 15 is 0 Å². The van der Waals surface area contributed by atoms with Gasteiger partial charge in [0.1, 0.15) is 0 Å². The minimum absolute atomic E-state index is 0.355. The molecule has 14 rings (SSSR count). The van der Waals surface area contributed by atoms with E-state index in [2.05, 4.69) is 223 Å². The van der Waals surface area contributed by atoms with Gasteiger partial charge in [-0.15, -0.1) is 0 Å². The molecule has 0 aromatic heterocycles. The molecule has 4 aliphatic carbocycles. The zero-order chi connectivity index (χ0) is 42.2. The molecule has 9 aromatic carbocycles. The zero-order valence-corrected chi connectivity index (χ0v) is 37.2. The minimum atomic E-state index is -2.69. The molecule has 9 aromatic rings. The molecule has 0 amide bonds. The third-order valence-corrected chi connectivity index (χ3v) is 20.8. The van der Waals surface area contributed by atoms with Gasteiger partial charge < -0.3 is 4.90 Å². The Morgan fingerprint density at radius 3 is 1.44 bits per heavy atom. The first-order chi connectivity index (χ1) is 31.6. The van der Waals surface area contributed by atoms with Crippen LogP contribution in [0.3, 0.4) is 0 Å². The fourth-order valence-electron chi connectivity index (χ4n) is 13.7. The summed E-state index contributed by atoms with van der Waals surface area (Å²) in [6, 6.07) is 83.0. The summed E-state index contributed by atoms with van der Waals surface area (Å²) < 4.78 is 0. The predicted molar refractivity (Wildman–Crippen MR) is 272 cm³/mol. The SMILES string of the molecule is c1ccc(-c2cccc3cccc(-c4ccc(N(c5ccc(C67CC8CC(CC(C8)C6)C7)cc5)c5cccc([Si]6(c7ccccc7)c7ccccc7-c7ccccc76)c5)cc4)c23)cc1. The molecule has 4 bridgehead atoms. The lowest BCUT2D eigenvalue weighted by atomic mass is 9.48. The van der Waals surface area contributed by atoms with E-state index in [-0.39, 0.29) is 0 Å². The van der Waals surface area contributed by atoms with E-state index in [4.69, 9.17) is 0 Å². The summed E-state index contributed by atoms with van der Waals surface area (Å²) in [6.45, 7) is 0. The van der Waals surface area contributed by atoms with Crippen LogP contribution in [-0.2, 0) is 5.41 Å². The van der Waals surface area contributed by atoms with Crippen LogP contribution in [0.4, 0.5) is 17.1 Å². The fourth-order valence-corrected chi connectivity index (χ4v) is 18.9. The van der Waals surface area contributed by atoms with Crippen LogP contribution in [-0.4, -0.2) is 8.07 Å². The van der Waals surface area contributed by atoms with Crippen LogP contribution in [0.1, 0.15) is 44.1 Å². The highest BCUT2D eigenvalue weighted by molar-refractivity contribution is 7.22. The van der Waals surface area contributed by atoms with Gasteiger partial charge in [0.25, 0.3) is 0 Å². The van der Waals surface area contributed by atoms with Crippen LogP contribution in [0.2, 0.25) is 0 Å². The van der Waals surface area contributed by atoms with Crippen LogP contribution >= 0.6 is 0 Å². The number of nitrogens with zero attached hydrogens (tertiary/aromatic N) is 1. The molecule has 0 spiro atoms. The molecule has 1 aliphatic heterocycles. The number of rotatable bonds is 8. The van der Waals surface area contributed by atoms with Crippen molar-refractivity contribution in [3.63, 3.8) is 0 Å². The molecule has 64 heavy (non-hydrogen) atoms. The average molecular weight is 838 g/mol. The molecular weight excluding hydrogens is 787 g/mol. The molecule has 4 saturated carbocycles. The van der Waals surface area contributed by atoms with Crippen LogP contribution in [0.15, 0.2) is 218 Å². The van der Waals surface area contributed by atoms with Crippen LogP contribution in [0, 0.1) is 17.8 Å². The highest BCUT2D eigenvalue weighted by atomic mass is 28.3. The Balaban J connectivity index is 0.970. The van der Waals surface area contributed by atoms with E-state index in [0.717, 1.165) is 23.4 Å². The smallest absolute Gasteiger partial charge is 0.180 e. The number of fused-ring (bicyclic) bond motifs is 4. The van der Waals surface area contributed by atoms with Crippen LogP contribution < -0.4 is 25.6 Å². The molecule has 0 N–H and O–H groups in total. The monoisotopic (exact) mass is 837 g/mol. The Kier molecular flexibility index (Phi) is 8.81. The first-order valence-corrected chi connectivity index (χ1v) is 25.6. The molecule has 4 fully saturated rings. The van der Waals surface area contributed by atoms with Gasteiger partial charge in [-0.3, -0.25) is 0 Å². The normalized spacial score (nSPS) is 21.1. The van der Waals surface area contributed by atoms with Crippen molar-refractivity contribution in [1.29, 1.82) is 0 Å². The topological polar surface area (TPSA) is 3.24 Å². The summed E-state index contributed by atoms with van der Waals surface area (Å²) in [5.41, 5.74) is 13.2. The Hall–Kier alpha value is -6.74. The molecule has 5 aliphatic rings. The van der Waals surface area contributed by atoms with E-state index in [1.807, 2.05) is 0 Å². The van der Waals surface area contributed by atoms with Crippen LogP contribution in [0.25, 0.3) is 44.2 Å². The van der Waals surface area contributed by atoms with Crippen molar-refractivity contribution in [2.45, 2.75) is 43.9 Å². The molecule has 0 saturated heterocycles. The Labute approximate surface area is 378 Å². The largest absolute Gasteiger partial charge is 0.311 e. The van der Waals surface area contributed by atoms with Gasteiger partial charge in [-0.25, -0.2) is 0 Å². The van der Waals surface area contributed by atoms with E-state index in [1.54, 1.807) is 5.56 Å². The Morgan fingerprint density at radius 1 is 0.375 bits per heavy atom. The third kappa shape index (κ3) is 5.88. The molecule has 2 heteroatoms. The Morgan fingerprint density at radius 2 is 0.844 bits per heavy atom. The lowest BCUT2D eigenvalue weighted by molar-refractivity contribution is -0.00518. The second-order valence-corrected chi connectivity index (χ2v) is 23.2. The third-order valence-electron chi connectivity index (χ3n) is 15.9. The van der Waals surface area contributed by atoms with Gasteiger partial charge in [0.15, 0.2) is 8.07 Å². The molecular formula is C62H51NSi. The second-order valence-electron chi connectivity index (χ2n) is 19.5. The lowest BCUT2D eigenvalue weighted by Gasteiger charge is -2.57. The summed E-state index contributed by atoms with van der Waals surface area (Å²) in [4.78, 5) is 2.52. The zero-order valence-electron chi connectivity index (χ0n) is 36.2. The van der Waals surface area contributed by atoms with Crippen molar-refractivity contribution in [2.75, 3.05) is 4.90 Å². The summed E-state index contributed by atoms with van der Waals surface area (Å²) in [7, 11) is -2.69. The van der Waals surface area contributed by atoms with Crippen molar-refractivity contribution in [3.05, 3.63) is 224 Å². The second kappa shape index (κ2) is 14.9. The Bertz CT molecular complexity index is 3100. The van der Waals surface area contributed by atoms with Gasteiger partial charge in [-0.1, -0.05) is 182 Å². The maximum Gasteiger partial charge on any atom is 0.180 e. The maximum absolute atomic E-state index is 2.69. The van der Waals surface area contributed by atoms with Gasteiger partial charge in [0.05, 0.1) is 0 Å². The number of hydrogen-bond acceptors (Lipinski definition) is 1. The molecule has 0 radical (unpaired) electrons. The quantitative estimate of drug-likeness (QED) is 0.138. The van der Waals surface area contributed by atoms with E-state index in [0.29, 0.717) is 5.41 Å². The fraction of sp³-hybridized carbons (Fsp3) is 0.161. The minimum Gasteiger partial charge on any atom is -0.311 e. The number of hydrogen-bond donors (Lipinski definition) is 0. The van der Waals surface area contributed by atoms with Gasteiger partial charge in [-0.2, -0.15) is 0 Å². The average Bonchev–Trinajstić information content (AvgIpc) is 3.65. The standard InChI is InChI=1S/C62H51NSi/c1-3-14-46(15-4-1)55-24-11-16-48-17-12-25-56(61(48)55)47-28-32-50(33-29-47)63(51-34-30-49(31-35-51)62-40-43-36-44(41-62)38-45(37-43)42-62)52-18-13-21-54(39-52)64(53-19-5-2-6-20-53)59-26-9-7-22-57(59)58-23-8-10-27-60(58)64/h1-35,39,43-45H,36-38,40-42H2. The van der Waals surface area contributed by atoms with Crippen molar-refractivity contribution in [3.8, 4) is 33.4 Å². The van der Waals surface area contributed by atoms with Gasteiger partial charge >= 0.3 is 0 Å².